The van der Waals surface area contributed by atoms with Crippen LogP contribution in [0.3, 0.4) is 0 Å². The molecule has 0 aliphatic rings. The maximum absolute atomic E-state index is 5.32. The molecule has 2 aromatic carbocycles. The molecule has 0 fully saturated rings. The average molecular weight is 274 g/mol. The van der Waals surface area contributed by atoms with E-state index in [9.17, 15) is 0 Å². The van der Waals surface area contributed by atoms with Crippen LogP contribution < -0.4 is 18.9 Å². The highest BCUT2D eigenvalue weighted by atomic mass is 16.5. The quantitative estimate of drug-likeness (QED) is 0.837. The summed E-state index contributed by atoms with van der Waals surface area (Å²) >= 11 is 0. The molecule has 0 N–H and O–H groups in total. The van der Waals surface area contributed by atoms with Crippen LogP contribution in [0, 0.1) is 0 Å². The predicted molar refractivity (Wildman–Crippen MR) is 78.1 cm³/mol. The lowest BCUT2D eigenvalue weighted by atomic mass is 10.0. The van der Waals surface area contributed by atoms with E-state index in [0.717, 1.165) is 22.6 Å². The maximum Gasteiger partial charge on any atom is 0.161 e. The zero-order valence-electron chi connectivity index (χ0n) is 12.1. The molecule has 4 heteroatoms. The van der Waals surface area contributed by atoms with E-state index in [1.54, 1.807) is 28.4 Å². The summed E-state index contributed by atoms with van der Waals surface area (Å²) in [6, 6.07) is 11.5. The third kappa shape index (κ3) is 2.79. The number of hydrogen-bond acceptors (Lipinski definition) is 4. The number of ether oxygens (including phenoxy) is 4. The molecule has 0 bridgehead atoms. The van der Waals surface area contributed by atoms with E-state index in [1.165, 1.54) is 0 Å². The lowest BCUT2D eigenvalue weighted by Crippen LogP contribution is -1.92. The highest BCUT2D eigenvalue weighted by molar-refractivity contribution is 5.70. The van der Waals surface area contributed by atoms with Crippen LogP contribution >= 0.6 is 0 Å². The molecule has 4 nitrogen and oxygen atoms in total. The smallest absolute Gasteiger partial charge is 0.161 e. The van der Waals surface area contributed by atoms with E-state index < -0.39 is 0 Å². The molecule has 20 heavy (non-hydrogen) atoms. The van der Waals surface area contributed by atoms with Crippen LogP contribution in [0.5, 0.6) is 23.0 Å². The molecular weight excluding hydrogens is 256 g/mol. The Morgan fingerprint density at radius 1 is 0.550 bits per heavy atom. The molecule has 0 radical (unpaired) electrons. The minimum absolute atomic E-state index is 0.687. The Labute approximate surface area is 118 Å². The predicted octanol–water partition coefficient (Wildman–Crippen LogP) is 3.39. The molecule has 2 rings (SSSR count). The van der Waals surface area contributed by atoms with Crippen molar-refractivity contribution in [1.82, 2.24) is 0 Å². The minimum Gasteiger partial charge on any atom is -0.497 e. The van der Waals surface area contributed by atoms with Gasteiger partial charge in [-0.2, -0.15) is 0 Å². The third-order valence-corrected chi connectivity index (χ3v) is 3.07. The van der Waals surface area contributed by atoms with Gasteiger partial charge in [0.25, 0.3) is 0 Å². The van der Waals surface area contributed by atoms with Crippen molar-refractivity contribution in [2.75, 3.05) is 28.4 Å². The molecule has 0 aliphatic heterocycles. The molecule has 0 aliphatic carbocycles. The average Bonchev–Trinajstić information content (AvgIpc) is 2.53. The van der Waals surface area contributed by atoms with E-state index in [1.807, 2.05) is 36.4 Å². The summed E-state index contributed by atoms with van der Waals surface area (Å²) in [5, 5.41) is 0. The van der Waals surface area contributed by atoms with Gasteiger partial charge in [0.05, 0.1) is 28.4 Å². The largest absolute Gasteiger partial charge is 0.497 e. The Morgan fingerprint density at radius 2 is 1.15 bits per heavy atom. The molecule has 2 aromatic rings. The summed E-state index contributed by atoms with van der Waals surface area (Å²) in [7, 11) is 6.50. The molecule has 0 unspecified atom stereocenters. The summed E-state index contributed by atoms with van der Waals surface area (Å²) in [6.07, 6.45) is 0. The van der Waals surface area contributed by atoms with Gasteiger partial charge in [-0.25, -0.2) is 0 Å². The first-order valence-corrected chi connectivity index (χ1v) is 6.17. The lowest BCUT2D eigenvalue weighted by Gasteiger charge is -2.12. The van der Waals surface area contributed by atoms with Crippen LogP contribution in [-0.2, 0) is 0 Å². The van der Waals surface area contributed by atoms with Gasteiger partial charge in [0, 0.05) is 6.07 Å². The topological polar surface area (TPSA) is 36.9 Å². The van der Waals surface area contributed by atoms with Crippen molar-refractivity contribution in [2.45, 2.75) is 0 Å². The number of rotatable bonds is 5. The van der Waals surface area contributed by atoms with Crippen molar-refractivity contribution in [3.05, 3.63) is 36.4 Å². The standard InChI is InChI=1S/C16H18O4/c1-17-13-7-12(8-14(10-13)18-2)11-5-6-15(19-3)16(9-11)20-4/h5-10H,1-4H3. The van der Waals surface area contributed by atoms with Crippen molar-refractivity contribution < 1.29 is 18.9 Å². The molecular formula is C16H18O4. The Kier molecular flexibility index (Phi) is 4.35. The summed E-state index contributed by atoms with van der Waals surface area (Å²) in [5.74, 6) is 2.88. The number of methoxy groups -OCH3 is 4. The van der Waals surface area contributed by atoms with E-state index >= 15 is 0 Å². The zero-order chi connectivity index (χ0) is 14.5. The highest BCUT2D eigenvalue weighted by Gasteiger charge is 2.08. The van der Waals surface area contributed by atoms with Crippen molar-refractivity contribution in [3.8, 4) is 34.1 Å². The number of hydrogen-bond donors (Lipinski definition) is 0. The van der Waals surface area contributed by atoms with Gasteiger partial charge in [0.1, 0.15) is 11.5 Å². The SMILES string of the molecule is COc1cc(OC)cc(-c2ccc(OC)c(OC)c2)c1. The normalized spacial score (nSPS) is 10.0. The molecule has 0 atom stereocenters. The lowest BCUT2D eigenvalue weighted by molar-refractivity contribution is 0.355. The molecule has 106 valence electrons. The van der Waals surface area contributed by atoms with Crippen molar-refractivity contribution in [2.24, 2.45) is 0 Å². The Morgan fingerprint density at radius 3 is 1.65 bits per heavy atom. The van der Waals surface area contributed by atoms with E-state index in [-0.39, 0.29) is 0 Å². The minimum atomic E-state index is 0.687. The van der Waals surface area contributed by atoms with Gasteiger partial charge in [-0.05, 0) is 35.4 Å². The third-order valence-electron chi connectivity index (χ3n) is 3.07. The molecule has 0 saturated heterocycles. The van der Waals surface area contributed by atoms with Crippen molar-refractivity contribution in [1.29, 1.82) is 0 Å². The van der Waals surface area contributed by atoms with Gasteiger partial charge in [0.15, 0.2) is 11.5 Å². The molecule has 0 aromatic heterocycles. The van der Waals surface area contributed by atoms with Crippen LogP contribution in [0.25, 0.3) is 11.1 Å². The van der Waals surface area contributed by atoms with Gasteiger partial charge in [-0.1, -0.05) is 6.07 Å². The van der Waals surface area contributed by atoms with Gasteiger partial charge in [0.2, 0.25) is 0 Å². The first kappa shape index (κ1) is 14.1. The first-order valence-electron chi connectivity index (χ1n) is 6.17. The van der Waals surface area contributed by atoms with Crippen LogP contribution in [-0.4, -0.2) is 28.4 Å². The van der Waals surface area contributed by atoms with Gasteiger partial charge in [-0.3, -0.25) is 0 Å². The monoisotopic (exact) mass is 274 g/mol. The van der Waals surface area contributed by atoms with Crippen LogP contribution in [0.1, 0.15) is 0 Å². The van der Waals surface area contributed by atoms with Crippen molar-refractivity contribution >= 4 is 0 Å². The van der Waals surface area contributed by atoms with Crippen LogP contribution in [0.15, 0.2) is 36.4 Å². The van der Waals surface area contributed by atoms with E-state index in [4.69, 9.17) is 18.9 Å². The van der Waals surface area contributed by atoms with Gasteiger partial charge < -0.3 is 18.9 Å². The summed E-state index contributed by atoms with van der Waals surface area (Å²) in [6.45, 7) is 0. The second-order valence-electron chi connectivity index (χ2n) is 4.17. The summed E-state index contributed by atoms with van der Waals surface area (Å²) in [5.41, 5.74) is 1.99. The Bertz CT molecular complexity index is 571. The first-order chi connectivity index (χ1) is 9.71. The fourth-order valence-corrected chi connectivity index (χ4v) is 1.99. The zero-order valence-corrected chi connectivity index (χ0v) is 12.1. The summed E-state index contributed by atoms with van der Waals surface area (Å²) < 4.78 is 21.1. The highest BCUT2D eigenvalue weighted by Crippen LogP contribution is 2.35. The van der Waals surface area contributed by atoms with E-state index in [2.05, 4.69) is 0 Å². The van der Waals surface area contributed by atoms with Crippen LogP contribution in [0.4, 0.5) is 0 Å². The van der Waals surface area contributed by atoms with Crippen LogP contribution in [0.2, 0.25) is 0 Å². The van der Waals surface area contributed by atoms with Gasteiger partial charge >= 0.3 is 0 Å². The fraction of sp³-hybridized carbons (Fsp3) is 0.250. The second kappa shape index (κ2) is 6.19. The maximum atomic E-state index is 5.32. The molecule has 0 heterocycles. The molecule has 0 saturated carbocycles. The molecule has 0 spiro atoms. The van der Waals surface area contributed by atoms with Crippen molar-refractivity contribution in [3.63, 3.8) is 0 Å². The van der Waals surface area contributed by atoms with Gasteiger partial charge in [-0.15, -0.1) is 0 Å². The Hall–Kier alpha value is -2.36. The fourth-order valence-electron chi connectivity index (χ4n) is 1.99. The second-order valence-corrected chi connectivity index (χ2v) is 4.17. The van der Waals surface area contributed by atoms with E-state index in [0.29, 0.717) is 11.5 Å². The number of benzene rings is 2. The Balaban J connectivity index is 2.50. The summed E-state index contributed by atoms with van der Waals surface area (Å²) in [4.78, 5) is 0. The molecule has 0 amide bonds.